The Kier molecular flexibility index (Phi) is 6.21. The molecule has 0 spiro atoms. The Balaban J connectivity index is 1.75. The minimum atomic E-state index is -0.0694. The molecule has 0 atom stereocenters. The van der Waals surface area contributed by atoms with Crippen LogP contribution in [0.1, 0.15) is 31.2 Å². The monoisotopic (exact) mass is 306 g/mol. The zero-order chi connectivity index (χ0) is 15.8. The smallest absolute Gasteiger partial charge is 0.245 e. The summed E-state index contributed by atoms with van der Waals surface area (Å²) in [6, 6.07) is 4.88. The van der Waals surface area contributed by atoms with Crippen molar-refractivity contribution in [3.05, 3.63) is 23.8 Å². The van der Waals surface area contributed by atoms with E-state index in [1.807, 2.05) is 0 Å². The second-order valence-electron chi connectivity index (χ2n) is 5.54. The number of rotatable bonds is 6. The van der Waals surface area contributed by atoms with Crippen molar-refractivity contribution < 1.29 is 19.5 Å². The maximum atomic E-state index is 11.8. The molecule has 0 aromatic heterocycles. The largest absolute Gasteiger partial charge is 0.504 e. The highest BCUT2D eigenvalue weighted by atomic mass is 16.5. The molecular formula is C16H24N3O3+. The van der Waals surface area contributed by atoms with Gasteiger partial charge in [0.15, 0.2) is 11.5 Å². The summed E-state index contributed by atoms with van der Waals surface area (Å²) in [7, 11) is 1.49. The first-order valence-electron chi connectivity index (χ1n) is 7.71. The fourth-order valence-electron chi connectivity index (χ4n) is 2.60. The quantitative estimate of drug-likeness (QED) is 0.523. The number of benzene rings is 1. The van der Waals surface area contributed by atoms with E-state index in [1.165, 1.54) is 56.6 Å². The predicted molar refractivity (Wildman–Crippen MR) is 84.4 cm³/mol. The SMILES string of the molecule is COc1cc(/C=N/NC(=O)CC[NH+]2CCCCC2)ccc1O. The van der Waals surface area contributed by atoms with Crippen LogP contribution in [-0.4, -0.2) is 44.0 Å². The first-order chi connectivity index (χ1) is 10.7. The highest BCUT2D eigenvalue weighted by Crippen LogP contribution is 2.25. The zero-order valence-electron chi connectivity index (χ0n) is 13.0. The highest BCUT2D eigenvalue weighted by molar-refractivity contribution is 5.83. The molecule has 22 heavy (non-hydrogen) atoms. The highest BCUT2D eigenvalue weighted by Gasteiger charge is 2.14. The summed E-state index contributed by atoms with van der Waals surface area (Å²) < 4.78 is 5.02. The van der Waals surface area contributed by atoms with Crippen LogP contribution >= 0.6 is 0 Å². The van der Waals surface area contributed by atoms with Crippen molar-refractivity contribution in [1.29, 1.82) is 0 Å². The summed E-state index contributed by atoms with van der Waals surface area (Å²) in [6.07, 6.45) is 5.87. The standard InChI is InChI=1S/C16H23N3O3/c1-22-15-11-13(5-6-14(15)20)12-17-18-16(21)7-10-19-8-3-2-4-9-19/h5-6,11-12,20H,2-4,7-10H2,1H3,(H,18,21)/p+1/b17-12+. The fraction of sp³-hybridized carbons (Fsp3) is 0.500. The minimum Gasteiger partial charge on any atom is -0.504 e. The Bertz CT molecular complexity index is 525. The number of piperidine rings is 1. The van der Waals surface area contributed by atoms with E-state index in [0.29, 0.717) is 12.2 Å². The van der Waals surface area contributed by atoms with E-state index in [-0.39, 0.29) is 11.7 Å². The van der Waals surface area contributed by atoms with E-state index >= 15 is 0 Å². The number of carbonyl (C=O) groups is 1. The van der Waals surface area contributed by atoms with Crippen LogP contribution in [0.15, 0.2) is 23.3 Å². The lowest BCUT2D eigenvalue weighted by molar-refractivity contribution is -0.904. The number of hydrogen-bond acceptors (Lipinski definition) is 4. The third-order valence-corrected chi connectivity index (χ3v) is 3.87. The fourth-order valence-corrected chi connectivity index (χ4v) is 2.60. The third kappa shape index (κ3) is 5.04. The van der Waals surface area contributed by atoms with Gasteiger partial charge in [0.1, 0.15) is 0 Å². The maximum Gasteiger partial charge on any atom is 0.245 e. The molecule has 1 heterocycles. The summed E-state index contributed by atoms with van der Waals surface area (Å²) in [5.74, 6) is 0.386. The molecule has 0 bridgehead atoms. The van der Waals surface area contributed by atoms with Crippen LogP contribution in [0.5, 0.6) is 11.5 Å². The molecule has 1 saturated heterocycles. The molecule has 0 aliphatic carbocycles. The molecule has 1 fully saturated rings. The van der Waals surface area contributed by atoms with E-state index in [0.717, 1.165) is 12.1 Å². The Hall–Kier alpha value is -2.08. The van der Waals surface area contributed by atoms with Gasteiger partial charge < -0.3 is 14.7 Å². The lowest BCUT2D eigenvalue weighted by Gasteiger charge is -2.22. The van der Waals surface area contributed by atoms with Crippen LogP contribution in [0.3, 0.4) is 0 Å². The summed E-state index contributed by atoms with van der Waals surface area (Å²) in [4.78, 5) is 13.3. The number of carbonyl (C=O) groups excluding carboxylic acids is 1. The molecule has 1 aromatic carbocycles. The van der Waals surface area contributed by atoms with Gasteiger partial charge >= 0.3 is 0 Å². The van der Waals surface area contributed by atoms with Crippen LogP contribution in [0.25, 0.3) is 0 Å². The predicted octanol–water partition coefficient (Wildman–Crippen LogP) is 0.310. The molecule has 1 aromatic rings. The number of amides is 1. The Morgan fingerprint density at radius 2 is 2.18 bits per heavy atom. The van der Waals surface area contributed by atoms with Crippen molar-refractivity contribution in [3.63, 3.8) is 0 Å². The molecule has 6 heteroatoms. The van der Waals surface area contributed by atoms with E-state index in [4.69, 9.17) is 4.74 Å². The first kappa shape index (κ1) is 16.3. The molecule has 1 aliphatic heterocycles. The number of hydrogen-bond donors (Lipinski definition) is 3. The number of quaternary nitrogens is 1. The molecule has 0 unspecified atom stereocenters. The van der Waals surface area contributed by atoms with E-state index in [9.17, 15) is 9.90 Å². The van der Waals surface area contributed by atoms with Crippen LogP contribution < -0.4 is 15.1 Å². The second kappa shape index (κ2) is 8.38. The summed E-state index contributed by atoms with van der Waals surface area (Å²) in [5.41, 5.74) is 3.28. The van der Waals surface area contributed by atoms with Crippen molar-refractivity contribution >= 4 is 12.1 Å². The number of likely N-dealkylation sites (tertiary alicyclic amines) is 1. The number of phenols is 1. The lowest BCUT2D eigenvalue weighted by Crippen LogP contribution is -3.12. The average Bonchev–Trinajstić information content (AvgIpc) is 2.55. The number of methoxy groups -OCH3 is 1. The summed E-state index contributed by atoms with van der Waals surface area (Å²) >= 11 is 0. The van der Waals surface area contributed by atoms with Gasteiger partial charge in [-0.25, -0.2) is 5.43 Å². The summed E-state index contributed by atoms with van der Waals surface area (Å²) in [6.45, 7) is 3.21. The van der Waals surface area contributed by atoms with Crippen molar-refractivity contribution in [2.75, 3.05) is 26.7 Å². The van der Waals surface area contributed by atoms with Crippen molar-refractivity contribution in [1.82, 2.24) is 5.43 Å². The van der Waals surface area contributed by atoms with Crippen molar-refractivity contribution in [2.24, 2.45) is 5.10 Å². The van der Waals surface area contributed by atoms with Gasteiger partial charge in [-0.15, -0.1) is 0 Å². The minimum absolute atomic E-state index is 0.0694. The average molecular weight is 306 g/mol. The Morgan fingerprint density at radius 3 is 2.91 bits per heavy atom. The Morgan fingerprint density at radius 1 is 1.41 bits per heavy atom. The second-order valence-corrected chi connectivity index (χ2v) is 5.54. The van der Waals surface area contributed by atoms with Crippen LogP contribution in [0.4, 0.5) is 0 Å². The number of ether oxygens (including phenoxy) is 1. The lowest BCUT2D eigenvalue weighted by atomic mass is 10.1. The van der Waals surface area contributed by atoms with Gasteiger partial charge in [0.2, 0.25) is 5.91 Å². The summed E-state index contributed by atoms with van der Waals surface area (Å²) in [5, 5.41) is 13.4. The molecule has 2 rings (SSSR count). The van der Waals surface area contributed by atoms with Gasteiger partial charge in [0.05, 0.1) is 39.4 Å². The van der Waals surface area contributed by atoms with Gasteiger partial charge in [-0.05, 0) is 43.0 Å². The first-order valence-corrected chi connectivity index (χ1v) is 7.71. The number of nitrogens with zero attached hydrogens (tertiary/aromatic N) is 1. The Labute approximate surface area is 130 Å². The topological polar surface area (TPSA) is 75.4 Å². The molecule has 1 aliphatic rings. The van der Waals surface area contributed by atoms with Crippen LogP contribution in [0, 0.1) is 0 Å². The maximum absolute atomic E-state index is 11.8. The van der Waals surface area contributed by atoms with E-state index < -0.39 is 0 Å². The van der Waals surface area contributed by atoms with E-state index in [2.05, 4.69) is 10.5 Å². The van der Waals surface area contributed by atoms with Gasteiger partial charge in [-0.3, -0.25) is 4.79 Å². The molecule has 3 N–H and O–H groups in total. The molecule has 0 radical (unpaired) electrons. The zero-order valence-corrected chi connectivity index (χ0v) is 13.0. The third-order valence-electron chi connectivity index (χ3n) is 3.87. The van der Waals surface area contributed by atoms with Gasteiger partial charge in [0.25, 0.3) is 0 Å². The molecule has 120 valence electrons. The number of hydrazone groups is 1. The number of phenolic OH excluding ortho intramolecular Hbond substituents is 1. The van der Waals surface area contributed by atoms with Crippen LogP contribution in [0.2, 0.25) is 0 Å². The van der Waals surface area contributed by atoms with Gasteiger partial charge in [-0.1, -0.05) is 0 Å². The van der Waals surface area contributed by atoms with Gasteiger partial charge in [0, 0.05) is 0 Å². The van der Waals surface area contributed by atoms with Gasteiger partial charge in [-0.2, -0.15) is 5.10 Å². The van der Waals surface area contributed by atoms with Crippen molar-refractivity contribution in [2.45, 2.75) is 25.7 Å². The molecule has 6 nitrogen and oxygen atoms in total. The molecule has 0 saturated carbocycles. The number of aromatic hydroxyl groups is 1. The van der Waals surface area contributed by atoms with E-state index in [1.54, 1.807) is 12.1 Å². The molecular weight excluding hydrogens is 282 g/mol. The normalized spacial score (nSPS) is 15.9. The van der Waals surface area contributed by atoms with Crippen molar-refractivity contribution in [3.8, 4) is 11.5 Å². The van der Waals surface area contributed by atoms with Crippen LogP contribution in [-0.2, 0) is 4.79 Å². The number of nitrogens with one attached hydrogen (secondary N) is 2. The molecule has 1 amide bonds.